The van der Waals surface area contributed by atoms with Gasteiger partial charge in [0.2, 0.25) is 0 Å². The lowest BCUT2D eigenvalue weighted by atomic mass is 10.1. The number of anilines is 2. The second kappa shape index (κ2) is 9.15. The van der Waals surface area contributed by atoms with Crippen molar-refractivity contribution in [3.63, 3.8) is 0 Å². The van der Waals surface area contributed by atoms with Crippen LogP contribution in [0.1, 0.15) is 31.2 Å². The highest BCUT2D eigenvalue weighted by Gasteiger charge is 2.23. The molecule has 1 aliphatic heterocycles. The summed E-state index contributed by atoms with van der Waals surface area (Å²) in [5, 5.41) is 16.5. The van der Waals surface area contributed by atoms with Crippen molar-refractivity contribution >= 4 is 51.9 Å². The third-order valence-electron chi connectivity index (χ3n) is 4.64. The third kappa shape index (κ3) is 4.52. The van der Waals surface area contributed by atoms with Crippen LogP contribution in [0.2, 0.25) is 0 Å². The smallest absolute Gasteiger partial charge is 0.256 e. The van der Waals surface area contributed by atoms with Crippen molar-refractivity contribution in [2.45, 2.75) is 23.3 Å². The van der Waals surface area contributed by atoms with Gasteiger partial charge in [-0.25, -0.2) is 4.98 Å². The number of fused-ring (bicyclic) bond motifs is 2. The minimum absolute atomic E-state index is 0.177. The molecule has 0 unspecified atom stereocenters. The van der Waals surface area contributed by atoms with Crippen molar-refractivity contribution < 1.29 is 9.59 Å². The zero-order chi connectivity index (χ0) is 21.8. The van der Waals surface area contributed by atoms with Gasteiger partial charge in [0.1, 0.15) is 0 Å². The lowest BCUT2D eigenvalue weighted by molar-refractivity contribution is 0.0949. The van der Waals surface area contributed by atoms with Crippen molar-refractivity contribution in [2.24, 2.45) is 0 Å². The summed E-state index contributed by atoms with van der Waals surface area (Å²) in [4.78, 5) is 32.4. The van der Waals surface area contributed by atoms with E-state index in [1.807, 2.05) is 31.2 Å². The van der Waals surface area contributed by atoms with E-state index in [-0.39, 0.29) is 11.8 Å². The Morgan fingerprint density at radius 1 is 1.23 bits per heavy atom. The van der Waals surface area contributed by atoms with Crippen LogP contribution < -0.4 is 16.0 Å². The van der Waals surface area contributed by atoms with Crippen LogP contribution in [0.25, 0.3) is 0 Å². The predicted molar refractivity (Wildman–Crippen MR) is 125 cm³/mol. The van der Waals surface area contributed by atoms with Gasteiger partial charge in [-0.3, -0.25) is 9.59 Å². The first-order valence-electron chi connectivity index (χ1n) is 9.43. The highest BCUT2D eigenvalue weighted by atomic mass is 32.2. The zero-order valence-corrected chi connectivity index (χ0v) is 18.2. The molecule has 9 heteroatoms. The van der Waals surface area contributed by atoms with Crippen LogP contribution in [0.4, 0.5) is 10.8 Å². The first-order chi connectivity index (χ1) is 15.1. The molecule has 2 heterocycles. The number of hydrogen-bond acceptors (Lipinski definition) is 7. The summed E-state index contributed by atoms with van der Waals surface area (Å²) in [5.41, 5.74) is 2.54. The van der Waals surface area contributed by atoms with Crippen LogP contribution >= 0.6 is 23.1 Å². The molecule has 4 rings (SSSR count). The Morgan fingerprint density at radius 2 is 2.06 bits per heavy atom. The molecule has 0 bridgehead atoms. The second-order valence-electron chi connectivity index (χ2n) is 6.65. The van der Waals surface area contributed by atoms with E-state index in [1.165, 1.54) is 29.3 Å². The molecule has 0 atom stereocenters. The van der Waals surface area contributed by atoms with Gasteiger partial charge < -0.3 is 21.4 Å². The van der Waals surface area contributed by atoms with E-state index in [4.69, 9.17) is 5.41 Å². The molecule has 4 N–H and O–H groups in total. The third-order valence-corrected chi connectivity index (χ3v) is 6.70. The molecule has 1 aromatic heterocycles. The number of carbonyl (C=O) groups is 2. The summed E-state index contributed by atoms with van der Waals surface area (Å²) in [6.45, 7) is 2.19. The number of nitrogens with one attached hydrogen (secondary N) is 4. The van der Waals surface area contributed by atoms with E-state index >= 15 is 0 Å². The second-order valence-corrected chi connectivity index (χ2v) is 8.85. The zero-order valence-electron chi connectivity index (χ0n) is 16.6. The standard InChI is InChI=1S/C22H19N5O2S2/c1-13-15(20(28)25-11-14-12-26-22(30-14)24-10-4-9-23)7-8-18-19(13)27-21(29)16-5-2-3-6-17(16)31-18/h2-10,12,23H,11H2,1H3,(H,24,26)(H,25,28)(H,27,29)/b10-4-,23-9?. The Bertz CT molecular complexity index is 1200. The molecule has 2 aromatic carbocycles. The average molecular weight is 450 g/mol. The maximum atomic E-state index is 12.8. The highest BCUT2D eigenvalue weighted by Crippen LogP contribution is 2.41. The summed E-state index contributed by atoms with van der Waals surface area (Å²) in [7, 11) is 0. The van der Waals surface area contributed by atoms with Gasteiger partial charge in [-0.2, -0.15) is 0 Å². The Labute approximate surface area is 187 Å². The fourth-order valence-corrected chi connectivity index (χ4v) is 4.93. The van der Waals surface area contributed by atoms with Gasteiger partial charge in [-0.05, 0) is 42.8 Å². The van der Waals surface area contributed by atoms with Gasteiger partial charge in [0.15, 0.2) is 5.13 Å². The van der Waals surface area contributed by atoms with Crippen molar-refractivity contribution in [2.75, 3.05) is 10.6 Å². The van der Waals surface area contributed by atoms with E-state index in [1.54, 1.807) is 30.6 Å². The summed E-state index contributed by atoms with van der Waals surface area (Å²) in [6.07, 6.45) is 6.05. The Morgan fingerprint density at radius 3 is 2.90 bits per heavy atom. The summed E-state index contributed by atoms with van der Waals surface area (Å²) >= 11 is 2.93. The van der Waals surface area contributed by atoms with Gasteiger partial charge in [-0.1, -0.05) is 35.2 Å². The van der Waals surface area contributed by atoms with E-state index in [0.717, 1.165) is 20.2 Å². The van der Waals surface area contributed by atoms with E-state index in [2.05, 4.69) is 20.9 Å². The van der Waals surface area contributed by atoms with Crippen molar-refractivity contribution in [3.8, 4) is 0 Å². The van der Waals surface area contributed by atoms with Crippen LogP contribution in [0.5, 0.6) is 0 Å². The number of hydrogen-bond donors (Lipinski definition) is 4. The molecule has 0 saturated heterocycles. The monoisotopic (exact) mass is 449 g/mol. The van der Waals surface area contributed by atoms with Crippen molar-refractivity contribution in [3.05, 3.63) is 76.4 Å². The van der Waals surface area contributed by atoms with Crippen LogP contribution in [-0.4, -0.2) is 23.0 Å². The summed E-state index contributed by atoms with van der Waals surface area (Å²) in [5.74, 6) is -0.391. The van der Waals surface area contributed by atoms with Crippen molar-refractivity contribution in [1.29, 1.82) is 5.41 Å². The quantitative estimate of drug-likeness (QED) is 0.409. The first kappa shape index (κ1) is 20.8. The molecule has 2 amide bonds. The molecule has 0 saturated carbocycles. The van der Waals surface area contributed by atoms with Gasteiger partial charge >= 0.3 is 0 Å². The number of nitrogens with zero attached hydrogens (tertiary/aromatic N) is 1. The molecule has 0 radical (unpaired) electrons. The van der Waals surface area contributed by atoms with Crippen LogP contribution in [-0.2, 0) is 6.54 Å². The van der Waals surface area contributed by atoms with Gasteiger partial charge in [0.25, 0.3) is 11.8 Å². The summed E-state index contributed by atoms with van der Waals surface area (Å²) in [6, 6.07) is 11.1. The summed E-state index contributed by atoms with van der Waals surface area (Å²) < 4.78 is 0. The van der Waals surface area contributed by atoms with E-state index in [9.17, 15) is 9.59 Å². The van der Waals surface area contributed by atoms with E-state index < -0.39 is 0 Å². The lowest BCUT2D eigenvalue weighted by Gasteiger charge is -2.14. The highest BCUT2D eigenvalue weighted by molar-refractivity contribution is 7.99. The van der Waals surface area contributed by atoms with Crippen LogP contribution in [0, 0.1) is 12.3 Å². The topological polar surface area (TPSA) is 107 Å². The fraction of sp³-hybridized carbons (Fsp3) is 0.0909. The Hall–Kier alpha value is -3.43. The lowest BCUT2D eigenvalue weighted by Crippen LogP contribution is -2.24. The maximum absolute atomic E-state index is 12.8. The fourth-order valence-electron chi connectivity index (χ4n) is 3.10. The first-order valence-corrected chi connectivity index (χ1v) is 11.1. The average Bonchev–Trinajstić information content (AvgIpc) is 3.16. The number of allylic oxidation sites excluding steroid dienone is 1. The van der Waals surface area contributed by atoms with Gasteiger partial charge in [0, 0.05) is 38.8 Å². The number of amides is 2. The van der Waals surface area contributed by atoms with Crippen molar-refractivity contribution in [1.82, 2.24) is 10.3 Å². The minimum atomic E-state index is -0.215. The van der Waals surface area contributed by atoms with Gasteiger partial charge in [-0.15, -0.1) is 0 Å². The Kier molecular flexibility index (Phi) is 6.15. The predicted octanol–water partition coefficient (Wildman–Crippen LogP) is 4.67. The van der Waals surface area contributed by atoms with Crippen LogP contribution in [0.15, 0.2) is 64.7 Å². The molecular weight excluding hydrogens is 430 g/mol. The number of aromatic nitrogens is 1. The number of benzene rings is 2. The molecule has 7 nitrogen and oxygen atoms in total. The number of rotatable bonds is 6. The minimum Gasteiger partial charge on any atom is -0.347 e. The molecule has 3 aromatic rings. The molecular formula is C22H19N5O2S2. The SMILES string of the molecule is Cc1c(C(=O)NCc2cnc(N/C=C\C=N)s2)ccc2c1NC(=O)c1ccccc1S2. The maximum Gasteiger partial charge on any atom is 0.256 e. The van der Waals surface area contributed by atoms with E-state index in [0.29, 0.717) is 28.5 Å². The normalized spacial score (nSPS) is 12.5. The molecule has 156 valence electrons. The van der Waals surface area contributed by atoms with Crippen LogP contribution in [0.3, 0.4) is 0 Å². The molecule has 0 spiro atoms. The number of carbonyl (C=O) groups excluding carboxylic acids is 2. The molecule has 0 aliphatic carbocycles. The molecule has 31 heavy (non-hydrogen) atoms. The molecule has 0 fully saturated rings. The number of thiazole rings is 1. The Balaban J connectivity index is 1.49. The largest absolute Gasteiger partial charge is 0.347 e. The van der Waals surface area contributed by atoms with Gasteiger partial charge in [0.05, 0.1) is 17.8 Å². The molecule has 1 aliphatic rings.